The molecule has 12 nitrogen and oxygen atoms in total. The number of nitrogens with zero attached hydrogens (tertiary/aromatic N) is 1. The van der Waals surface area contributed by atoms with Crippen LogP contribution in [0, 0.1) is 0 Å². The number of carbonyl (C=O) groups excluding carboxylic acids is 2. The molecule has 0 aliphatic carbocycles. The fourth-order valence-electron chi connectivity index (χ4n) is 5.09. The lowest BCUT2D eigenvalue weighted by Gasteiger charge is -2.27. The standard InChI is InChI=1S/C31H44N4O8/c1-19(2)33-17-23(36)18-43-27-11-6-8-21-12-13-22(16-24(21)27)28(37)32-14-5-4-9-25(30(39)40)34-20(3)29(38)35-15-7-10-26(35)31(41)42/h6,8,11-13,16,19-20,23,25-26,33-34,36H,4-5,7,9-10,14-15,17-18H2,1-3H3,(H,32,37)(H,39,40)(H,41,42)/t20-,23-,25+,26+/m1/s1. The highest BCUT2D eigenvalue weighted by atomic mass is 16.5. The van der Waals surface area contributed by atoms with Gasteiger partial charge in [0, 0.05) is 36.6 Å². The molecule has 12 heteroatoms. The number of fused-ring (bicyclic) bond motifs is 1. The topological polar surface area (TPSA) is 178 Å². The predicted molar refractivity (Wildman–Crippen MR) is 161 cm³/mol. The molecule has 0 bridgehead atoms. The Hall–Kier alpha value is -3.74. The van der Waals surface area contributed by atoms with Crippen LogP contribution in [0.4, 0.5) is 0 Å². The van der Waals surface area contributed by atoms with Gasteiger partial charge in [0.05, 0.1) is 6.04 Å². The van der Waals surface area contributed by atoms with Gasteiger partial charge in [-0.1, -0.05) is 32.0 Å². The lowest BCUT2D eigenvalue weighted by atomic mass is 10.1. The van der Waals surface area contributed by atoms with Crippen molar-refractivity contribution in [1.29, 1.82) is 0 Å². The van der Waals surface area contributed by atoms with Gasteiger partial charge < -0.3 is 35.6 Å². The molecule has 0 saturated carbocycles. The van der Waals surface area contributed by atoms with Crippen LogP contribution in [-0.4, -0.2) is 100 Å². The van der Waals surface area contributed by atoms with E-state index in [4.69, 9.17) is 4.74 Å². The number of aliphatic carboxylic acids is 2. The van der Waals surface area contributed by atoms with Crippen LogP contribution < -0.4 is 20.7 Å². The highest BCUT2D eigenvalue weighted by Crippen LogP contribution is 2.27. The second-order valence-corrected chi connectivity index (χ2v) is 11.3. The van der Waals surface area contributed by atoms with Crippen LogP contribution in [-0.2, 0) is 14.4 Å². The number of ether oxygens (including phenoxy) is 1. The Kier molecular flexibility index (Phi) is 12.7. The molecular formula is C31H44N4O8. The van der Waals surface area contributed by atoms with E-state index in [2.05, 4.69) is 16.0 Å². The number of aliphatic hydroxyl groups is 1. The number of hydrogen-bond donors (Lipinski definition) is 6. The van der Waals surface area contributed by atoms with Gasteiger partial charge in [0.2, 0.25) is 5.91 Å². The number of carboxylic acids is 2. The molecule has 3 rings (SSSR count). The third-order valence-corrected chi connectivity index (χ3v) is 7.44. The van der Waals surface area contributed by atoms with Gasteiger partial charge >= 0.3 is 11.9 Å². The monoisotopic (exact) mass is 600 g/mol. The molecule has 1 saturated heterocycles. The van der Waals surface area contributed by atoms with Crippen molar-refractivity contribution in [2.45, 2.75) is 83.1 Å². The summed E-state index contributed by atoms with van der Waals surface area (Å²) in [7, 11) is 0. The van der Waals surface area contributed by atoms with Gasteiger partial charge in [-0.25, -0.2) is 4.79 Å². The molecule has 236 valence electrons. The zero-order chi connectivity index (χ0) is 31.5. The summed E-state index contributed by atoms with van der Waals surface area (Å²) in [5.74, 6) is -2.29. The van der Waals surface area contributed by atoms with Crippen LogP contribution in [0.3, 0.4) is 0 Å². The number of nitrogens with one attached hydrogen (secondary N) is 3. The average molecular weight is 601 g/mol. The number of unbranched alkanes of at least 4 members (excludes halogenated alkanes) is 1. The van der Waals surface area contributed by atoms with Gasteiger partial charge in [-0.3, -0.25) is 19.7 Å². The summed E-state index contributed by atoms with van der Waals surface area (Å²) in [6, 6.07) is 8.40. The van der Waals surface area contributed by atoms with Crippen molar-refractivity contribution in [3.63, 3.8) is 0 Å². The minimum Gasteiger partial charge on any atom is -0.490 e. The van der Waals surface area contributed by atoms with Crippen LogP contribution in [0.2, 0.25) is 0 Å². The summed E-state index contributed by atoms with van der Waals surface area (Å²) in [6.07, 6.45) is 1.54. The smallest absolute Gasteiger partial charge is 0.326 e. The lowest BCUT2D eigenvalue weighted by Crippen LogP contribution is -2.53. The summed E-state index contributed by atoms with van der Waals surface area (Å²) in [5, 5.41) is 39.7. The third kappa shape index (κ3) is 9.91. The largest absolute Gasteiger partial charge is 0.490 e. The highest BCUT2D eigenvalue weighted by Gasteiger charge is 2.36. The second kappa shape index (κ2) is 16.2. The molecule has 1 fully saturated rings. The van der Waals surface area contributed by atoms with Gasteiger partial charge in [0.15, 0.2) is 0 Å². The normalized spacial score (nSPS) is 17.0. The van der Waals surface area contributed by atoms with E-state index < -0.39 is 42.1 Å². The Bertz CT molecular complexity index is 1270. The molecule has 2 amide bonds. The maximum atomic E-state index is 12.9. The van der Waals surface area contributed by atoms with E-state index in [1.54, 1.807) is 25.1 Å². The van der Waals surface area contributed by atoms with E-state index in [1.807, 2.05) is 32.0 Å². The van der Waals surface area contributed by atoms with Gasteiger partial charge in [-0.2, -0.15) is 0 Å². The van der Waals surface area contributed by atoms with E-state index in [9.17, 15) is 34.5 Å². The summed E-state index contributed by atoms with van der Waals surface area (Å²) in [4.78, 5) is 50.1. The molecule has 2 aromatic rings. The van der Waals surface area contributed by atoms with Crippen molar-refractivity contribution in [3.05, 3.63) is 42.0 Å². The van der Waals surface area contributed by atoms with Crippen molar-refractivity contribution in [3.8, 4) is 5.75 Å². The summed E-state index contributed by atoms with van der Waals surface area (Å²) >= 11 is 0. The third-order valence-electron chi connectivity index (χ3n) is 7.44. The average Bonchev–Trinajstić information content (AvgIpc) is 3.47. The van der Waals surface area contributed by atoms with Gasteiger partial charge in [-0.05, 0) is 62.6 Å². The van der Waals surface area contributed by atoms with Crippen molar-refractivity contribution < 1.29 is 39.2 Å². The molecule has 1 aliphatic heterocycles. The molecule has 4 atom stereocenters. The van der Waals surface area contributed by atoms with E-state index in [0.717, 1.165) is 10.8 Å². The summed E-state index contributed by atoms with van der Waals surface area (Å²) in [5.41, 5.74) is 0.449. The van der Waals surface area contributed by atoms with Crippen LogP contribution in [0.5, 0.6) is 5.75 Å². The van der Waals surface area contributed by atoms with E-state index in [-0.39, 0.29) is 25.0 Å². The Morgan fingerprint density at radius 1 is 1.07 bits per heavy atom. The first-order chi connectivity index (χ1) is 20.5. The number of carboxylic acid groups (broad SMARTS) is 2. The van der Waals surface area contributed by atoms with Crippen molar-refractivity contribution in [2.24, 2.45) is 0 Å². The molecule has 0 radical (unpaired) electrons. The molecule has 2 aromatic carbocycles. The fourth-order valence-corrected chi connectivity index (χ4v) is 5.09. The van der Waals surface area contributed by atoms with E-state index in [1.165, 1.54) is 4.90 Å². The number of aliphatic hydroxyl groups excluding tert-OH is 1. The number of likely N-dealkylation sites (tertiary alicyclic amines) is 1. The molecule has 43 heavy (non-hydrogen) atoms. The molecule has 6 N–H and O–H groups in total. The first kappa shape index (κ1) is 33.8. The summed E-state index contributed by atoms with van der Waals surface area (Å²) in [6.45, 7) is 6.72. The molecule has 1 aliphatic rings. The predicted octanol–water partition coefficient (Wildman–Crippen LogP) is 1.98. The van der Waals surface area contributed by atoms with Crippen LogP contribution in [0.15, 0.2) is 36.4 Å². The van der Waals surface area contributed by atoms with Gasteiger partial charge in [0.25, 0.3) is 5.91 Å². The van der Waals surface area contributed by atoms with Crippen LogP contribution in [0.1, 0.15) is 63.2 Å². The number of amides is 2. The van der Waals surface area contributed by atoms with Crippen LogP contribution in [0.25, 0.3) is 10.8 Å². The minimum atomic E-state index is -1.10. The zero-order valence-electron chi connectivity index (χ0n) is 25.0. The minimum absolute atomic E-state index is 0.107. The van der Waals surface area contributed by atoms with E-state index >= 15 is 0 Å². The quantitative estimate of drug-likeness (QED) is 0.147. The van der Waals surface area contributed by atoms with Gasteiger partial charge in [0.1, 0.15) is 30.5 Å². The Morgan fingerprint density at radius 3 is 2.53 bits per heavy atom. The maximum absolute atomic E-state index is 12.9. The number of rotatable bonds is 17. The Morgan fingerprint density at radius 2 is 1.84 bits per heavy atom. The first-order valence-electron chi connectivity index (χ1n) is 14.8. The van der Waals surface area contributed by atoms with E-state index in [0.29, 0.717) is 56.6 Å². The maximum Gasteiger partial charge on any atom is 0.326 e. The second-order valence-electron chi connectivity index (χ2n) is 11.3. The lowest BCUT2D eigenvalue weighted by molar-refractivity contribution is -0.149. The Balaban J connectivity index is 1.48. The first-order valence-corrected chi connectivity index (χ1v) is 14.8. The van der Waals surface area contributed by atoms with Gasteiger partial charge in [-0.15, -0.1) is 0 Å². The number of carbonyl (C=O) groups is 4. The SMILES string of the molecule is CC(C)NC[C@@H](O)COc1cccc2ccc(C(=O)NCCCC[C@H](N[C@H](C)C(=O)N3CCC[C@H]3C(=O)O)C(=O)O)cc12. The molecule has 0 unspecified atom stereocenters. The van der Waals surface area contributed by atoms with Crippen LogP contribution >= 0.6 is 0 Å². The highest BCUT2D eigenvalue weighted by molar-refractivity contribution is 6.00. The molecule has 1 heterocycles. The fraction of sp³-hybridized carbons (Fsp3) is 0.548. The molecule has 0 aromatic heterocycles. The zero-order valence-corrected chi connectivity index (χ0v) is 25.0. The Labute approximate surface area is 251 Å². The molecule has 0 spiro atoms. The summed E-state index contributed by atoms with van der Waals surface area (Å²) < 4.78 is 5.86. The van der Waals surface area contributed by atoms with Crippen molar-refractivity contribution >= 4 is 34.5 Å². The number of benzene rings is 2. The van der Waals surface area contributed by atoms with Crippen molar-refractivity contribution in [1.82, 2.24) is 20.9 Å². The number of hydrogen-bond acceptors (Lipinski definition) is 8. The molecular weight excluding hydrogens is 556 g/mol. The van der Waals surface area contributed by atoms with Crippen molar-refractivity contribution in [2.75, 3.05) is 26.2 Å².